The summed E-state index contributed by atoms with van der Waals surface area (Å²) in [5, 5.41) is 0. The Morgan fingerprint density at radius 2 is 1.67 bits per heavy atom. The van der Waals surface area contributed by atoms with Crippen molar-refractivity contribution < 1.29 is 0 Å². The number of nitrogens with two attached hydrogens (primary N) is 1. The molecule has 0 radical (unpaired) electrons. The average Bonchev–Trinajstić information content (AvgIpc) is 2.43. The van der Waals surface area contributed by atoms with E-state index in [0.29, 0.717) is 6.04 Å². The highest BCUT2D eigenvalue weighted by Gasteiger charge is 2.30. The molecule has 2 nitrogen and oxygen atoms in total. The molecular weight excluding hydrogens is 220 g/mol. The Labute approximate surface area is 114 Å². The second kappa shape index (κ2) is 8.92. The van der Waals surface area contributed by atoms with Crippen molar-refractivity contribution in [3.8, 4) is 0 Å². The molecule has 0 spiro atoms. The van der Waals surface area contributed by atoms with Crippen LogP contribution in [-0.2, 0) is 0 Å². The molecule has 1 rings (SSSR count). The largest absolute Gasteiger partial charge is 0.271 e. The van der Waals surface area contributed by atoms with Crippen LogP contribution in [0.3, 0.4) is 0 Å². The summed E-state index contributed by atoms with van der Waals surface area (Å²) in [5.74, 6) is 8.40. The van der Waals surface area contributed by atoms with E-state index in [2.05, 4.69) is 26.2 Å². The van der Waals surface area contributed by atoms with Crippen LogP contribution in [0.1, 0.15) is 78.6 Å². The number of unbranched alkanes of at least 4 members (excludes halogenated alkanes) is 1. The summed E-state index contributed by atoms with van der Waals surface area (Å²) in [5.41, 5.74) is 3.13. The lowest BCUT2D eigenvalue weighted by atomic mass is 9.73. The predicted molar refractivity (Wildman–Crippen MR) is 80.2 cm³/mol. The van der Waals surface area contributed by atoms with E-state index in [-0.39, 0.29) is 0 Å². The van der Waals surface area contributed by atoms with Gasteiger partial charge in [-0.1, -0.05) is 65.7 Å². The van der Waals surface area contributed by atoms with E-state index in [9.17, 15) is 0 Å². The standard InChI is InChI=1S/C16H34N2/c1-4-7-8-13-9-11-15(12-10-13)16(18-17)14(5-2)6-3/h13-16,18H,4-12,17H2,1-3H3. The predicted octanol–water partition coefficient (Wildman–Crippen LogP) is 4.25. The summed E-state index contributed by atoms with van der Waals surface area (Å²) in [4.78, 5) is 0. The molecule has 1 unspecified atom stereocenters. The molecule has 3 N–H and O–H groups in total. The number of hydrogen-bond acceptors (Lipinski definition) is 2. The van der Waals surface area contributed by atoms with Crippen LogP contribution in [0, 0.1) is 17.8 Å². The molecule has 0 aromatic rings. The summed E-state index contributed by atoms with van der Waals surface area (Å²) in [6, 6.07) is 0.548. The van der Waals surface area contributed by atoms with Gasteiger partial charge < -0.3 is 0 Å². The van der Waals surface area contributed by atoms with E-state index in [4.69, 9.17) is 5.84 Å². The number of nitrogens with one attached hydrogen (secondary N) is 1. The van der Waals surface area contributed by atoms with Gasteiger partial charge in [0.25, 0.3) is 0 Å². The summed E-state index contributed by atoms with van der Waals surface area (Å²) < 4.78 is 0. The topological polar surface area (TPSA) is 38.0 Å². The SMILES string of the molecule is CCCCC1CCC(C(NN)C(CC)CC)CC1. The third kappa shape index (κ3) is 4.55. The van der Waals surface area contributed by atoms with Gasteiger partial charge in [-0.3, -0.25) is 11.3 Å². The number of rotatable bonds is 8. The minimum absolute atomic E-state index is 0.548. The van der Waals surface area contributed by atoms with Gasteiger partial charge in [-0.15, -0.1) is 0 Å². The van der Waals surface area contributed by atoms with Crippen molar-refractivity contribution in [2.75, 3.05) is 0 Å². The third-order valence-corrected chi connectivity index (χ3v) is 5.11. The summed E-state index contributed by atoms with van der Waals surface area (Å²) in [6.07, 6.45) is 12.4. The monoisotopic (exact) mass is 254 g/mol. The highest BCUT2D eigenvalue weighted by molar-refractivity contribution is 4.84. The Morgan fingerprint density at radius 1 is 1.06 bits per heavy atom. The molecule has 108 valence electrons. The Morgan fingerprint density at radius 3 is 2.11 bits per heavy atom. The molecule has 0 aromatic carbocycles. The molecule has 1 saturated carbocycles. The van der Waals surface area contributed by atoms with Crippen molar-refractivity contribution >= 4 is 0 Å². The first-order valence-corrected chi connectivity index (χ1v) is 8.22. The molecule has 0 aliphatic heterocycles. The fourth-order valence-electron chi connectivity index (χ4n) is 3.78. The van der Waals surface area contributed by atoms with Crippen molar-refractivity contribution in [2.24, 2.45) is 23.6 Å². The van der Waals surface area contributed by atoms with Crippen LogP contribution in [0.5, 0.6) is 0 Å². The van der Waals surface area contributed by atoms with E-state index < -0.39 is 0 Å². The van der Waals surface area contributed by atoms with Crippen LogP contribution in [0.25, 0.3) is 0 Å². The lowest BCUT2D eigenvalue weighted by Crippen LogP contribution is -2.46. The van der Waals surface area contributed by atoms with E-state index in [1.165, 1.54) is 57.8 Å². The molecular formula is C16H34N2. The summed E-state index contributed by atoms with van der Waals surface area (Å²) in [7, 11) is 0. The molecule has 1 fully saturated rings. The maximum absolute atomic E-state index is 5.82. The van der Waals surface area contributed by atoms with E-state index in [1.807, 2.05) is 0 Å². The molecule has 2 heteroatoms. The van der Waals surface area contributed by atoms with Crippen molar-refractivity contribution in [3.05, 3.63) is 0 Å². The van der Waals surface area contributed by atoms with E-state index in [0.717, 1.165) is 17.8 Å². The minimum Gasteiger partial charge on any atom is -0.271 e. The third-order valence-electron chi connectivity index (χ3n) is 5.11. The zero-order valence-corrected chi connectivity index (χ0v) is 12.8. The lowest BCUT2D eigenvalue weighted by molar-refractivity contribution is 0.167. The molecule has 0 saturated heterocycles. The van der Waals surface area contributed by atoms with Crippen LogP contribution in [-0.4, -0.2) is 6.04 Å². The molecule has 1 atom stereocenters. The molecule has 0 heterocycles. The van der Waals surface area contributed by atoms with Crippen LogP contribution in [0.15, 0.2) is 0 Å². The van der Waals surface area contributed by atoms with Crippen LogP contribution < -0.4 is 11.3 Å². The van der Waals surface area contributed by atoms with Gasteiger partial charge in [0.2, 0.25) is 0 Å². The normalized spacial score (nSPS) is 26.5. The fraction of sp³-hybridized carbons (Fsp3) is 1.00. The Kier molecular flexibility index (Phi) is 7.92. The second-order valence-corrected chi connectivity index (χ2v) is 6.19. The molecule has 18 heavy (non-hydrogen) atoms. The Balaban J connectivity index is 2.39. The maximum Gasteiger partial charge on any atom is 0.0266 e. The zero-order chi connectivity index (χ0) is 13.4. The smallest absolute Gasteiger partial charge is 0.0266 e. The fourth-order valence-corrected chi connectivity index (χ4v) is 3.78. The Hall–Kier alpha value is -0.0800. The first-order chi connectivity index (χ1) is 8.76. The van der Waals surface area contributed by atoms with Gasteiger partial charge in [0.1, 0.15) is 0 Å². The highest BCUT2D eigenvalue weighted by Crippen LogP contribution is 2.36. The van der Waals surface area contributed by atoms with Crippen LogP contribution in [0.4, 0.5) is 0 Å². The molecule has 1 aliphatic carbocycles. The Bertz CT molecular complexity index is 193. The van der Waals surface area contributed by atoms with Crippen molar-refractivity contribution in [1.29, 1.82) is 0 Å². The average molecular weight is 254 g/mol. The van der Waals surface area contributed by atoms with Crippen molar-refractivity contribution in [3.63, 3.8) is 0 Å². The molecule has 0 amide bonds. The van der Waals surface area contributed by atoms with Gasteiger partial charge >= 0.3 is 0 Å². The molecule has 0 aromatic heterocycles. The van der Waals surface area contributed by atoms with Crippen molar-refractivity contribution in [2.45, 2.75) is 84.6 Å². The molecule has 1 aliphatic rings. The van der Waals surface area contributed by atoms with Gasteiger partial charge in [-0.2, -0.15) is 0 Å². The lowest BCUT2D eigenvalue weighted by Gasteiger charge is -2.37. The zero-order valence-electron chi connectivity index (χ0n) is 12.8. The van der Waals surface area contributed by atoms with E-state index >= 15 is 0 Å². The highest BCUT2D eigenvalue weighted by atomic mass is 15.2. The van der Waals surface area contributed by atoms with Crippen LogP contribution >= 0.6 is 0 Å². The summed E-state index contributed by atoms with van der Waals surface area (Å²) >= 11 is 0. The van der Waals surface area contributed by atoms with Gasteiger partial charge in [0.05, 0.1) is 0 Å². The molecule has 0 bridgehead atoms. The quantitative estimate of drug-likeness (QED) is 0.502. The van der Waals surface area contributed by atoms with Crippen molar-refractivity contribution in [1.82, 2.24) is 5.43 Å². The maximum atomic E-state index is 5.82. The van der Waals surface area contributed by atoms with Gasteiger partial charge in [0, 0.05) is 6.04 Å². The van der Waals surface area contributed by atoms with Gasteiger partial charge in [-0.25, -0.2) is 0 Å². The van der Waals surface area contributed by atoms with Gasteiger partial charge in [-0.05, 0) is 30.6 Å². The van der Waals surface area contributed by atoms with E-state index in [1.54, 1.807) is 0 Å². The van der Waals surface area contributed by atoms with Crippen LogP contribution in [0.2, 0.25) is 0 Å². The minimum atomic E-state index is 0.548. The number of hydrazine groups is 1. The summed E-state index contributed by atoms with van der Waals surface area (Å²) in [6.45, 7) is 6.89. The number of hydrogen-bond donors (Lipinski definition) is 2. The first-order valence-electron chi connectivity index (χ1n) is 8.22. The van der Waals surface area contributed by atoms with Gasteiger partial charge in [0.15, 0.2) is 0 Å². The first kappa shape index (κ1) is 16.0. The second-order valence-electron chi connectivity index (χ2n) is 6.19.